The number of piperidine rings is 1. The molecule has 0 unspecified atom stereocenters. The van der Waals surface area contributed by atoms with E-state index in [1.54, 1.807) is 6.20 Å². The van der Waals surface area contributed by atoms with Crippen molar-refractivity contribution < 1.29 is 19.4 Å². The van der Waals surface area contributed by atoms with E-state index in [-0.39, 0.29) is 17.9 Å². The number of ether oxygens (including phenoxy) is 1. The summed E-state index contributed by atoms with van der Waals surface area (Å²) in [7, 11) is 0. The quantitative estimate of drug-likeness (QED) is 0.877. The van der Waals surface area contributed by atoms with Crippen LogP contribution in [-0.2, 0) is 9.53 Å². The third kappa shape index (κ3) is 3.31. The van der Waals surface area contributed by atoms with Gasteiger partial charge in [-0.15, -0.1) is 0 Å². The van der Waals surface area contributed by atoms with Gasteiger partial charge < -0.3 is 14.7 Å². The molecule has 0 aliphatic carbocycles. The van der Waals surface area contributed by atoms with Gasteiger partial charge in [0.2, 0.25) is 0 Å². The van der Waals surface area contributed by atoms with Crippen LogP contribution in [0.3, 0.4) is 0 Å². The number of amides is 1. The fraction of sp³-hybridized carbons (Fsp3) is 0.706. The van der Waals surface area contributed by atoms with E-state index in [1.807, 2.05) is 18.7 Å². The molecule has 2 N–H and O–H groups in total. The van der Waals surface area contributed by atoms with Crippen molar-refractivity contribution in [3.05, 3.63) is 17.5 Å². The zero-order chi connectivity index (χ0) is 17.3. The molecular weight excluding hydrogens is 310 g/mol. The monoisotopic (exact) mass is 335 g/mol. The largest absolute Gasteiger partial charge is 0.479 e. The lowest BCUT2D eigenvalue weighted by atomic mass is 9.89. The number of carbonyl (C=O) groups is 2. The Kier molecular flexibility index (Phi) is 4.89. The number of nitrogens with zero attached hydrogens (tertiary/aromatic N) is 2. The number of nitrogens with one attached hydrogen (secondary N) is 1. The average molecular weight is 335 g/mol. The van der Waals surface area contributed by atoms with Crippen LogP contribution in [0.4, 0.5) is 0 Å². The van der Waals surface area contributed by atoms with Gasteiger partial charge in [0.25, 0.3) is 5.91 Å². The second kappa shape index (κ2) is 6.93. The lowest BCUT2D eigenvalue weighted by molar-refractivity contribution is -0.150. The van der Waals surface area contributed by atoms with Gasteiger partial charge in [-0.05, 0) is 37.5 Å². The van der Waals surface area contributed by atoms with Crippen LogP contribution in [0.5, 0.6) is 0 Å². The number of aliphatic carboxylic acids is 1. The average Bonchev–Trinajstić information content (AvgIpc) is 3.23. The lowest BCUT2D eigenvalue weighted by Crippen LogP contribution is -2.41. The molecule has 1 aromatic rings. The number of carboxylic acid groups (broad SMARTS) is 1. The number of likely N-dealkylation sites (tertiary alicyclic amines) is 1. The lowest BCUT2D eigenvalue weighted by Gasteiger charge is -2.34. The standard InChI is InChI=1S/C17H25N3O4/c1-10(2)15-12(9-18-19-15)16(21)20-7-5-11(6-8-20)13-3-4-14(24-13)17(22)23/h9-11,13-14H,3-8H2,1-2H3,(H,18,19)(H,22,23)/t13-,14+/m0/s1. The van der Waals surface area contributed by atoms with Gasteiger partial charge >= 0.3 is 5.97 Å². The summed E-state index contributed by atoms with van der Waals surface area (Å²) in [5, 5.41) is 16.0. The third-order valence-electron chi connectivity index (χ3n) is 5.16. The molecule has 7 heteroatoms. The molecule has 0 bridgehead atoms. The van der Waals surface area contributed by atoms with Crippen molar-refractivity contribution in [1.29, 1.82) is 0 Å². The summed E-state index contributed by atoms with van der Waals surface area (Å²) in [5.41, 5.74) is 1.54. The molecule has 2 fully saturated rings. The molecule has 0 spiro atoms. The minimum Gasteiger partial charge on any atom is -0.479 e. The maximum atomic E-state index is 12.7. The van der Waals surface area contributed by atoms with Crippen LogP contribution >= 0.6 is 0 Å². The van der Waals surface area contributed by atoms with Gasteiger partial charge in [-0.25, -0.2) is 4.79 Å². The molecule has 7 nitrogen and oxygen atoms in total. The molecule has 2 saturated heterocycles. The number of hydrogen-bond donors (Lipinski definition) is 2. The number of hydrogen-bond acceptors (Lipinski definition) is 4. The van der Waals surface area contributed by atoms with Gasteiger partial charge in [0.05, 0.1) is 23.6 Å². The Hall–Kier alpha value is -1.89. The van der Waals surface area contributed by atoms with E-state index in [2.05, 4.69) is 10.2 Å². The van der Waals surface area contributed by atoms with Gasteiger partial charge in [-0.2, -0.15) is 5.10 Å². The Labute approximate surface area is 141 Å². The maximum absolute atomic E-state index is 12.7. The first-order valence-electron chi connectivity index (χ1n) is 8.68. The first-order chi connectivity index (χ1) is 11.5. The molecule has 3 rings (SSSR count). The molecule has 24 heavy (non-hydrogen) atoms. The minimum absolute atomic E-state index is 0.0171. The Morgan fingerprint density at radius 1 is 1.29 bits per heavy atom. The fourth-order valence-electron chi connectivity index (χ4n) is 3.74. The van der Waals surface area contributed by atoms with Crippen LogP contribution in [0.2, 0.25) is 0 Å². The summed E-state index contributed by atoms with van der Waals surface area (Å²) in [6, 6.07) is 0. The molecule has 1 aromatic heterocycles. The van der Waals surface area contributed by atoms with Crippen molar-refractivity contribution in [1.82, 2.24) is 15.1 Å². The van der Waals surface area contributed by atoms with Crippen molar-refractivity contribution >= 4 is 11.9 Å². The third-order valence-corrected chi connectivity index (χ3v) is 5.16. The van der Waals surface area contributed by atoms with Gasteiger partial charge in [0.1, 0.15) is 0 Å². The van der Waals surface area contributed by atoms with Crippen LogP contribution in [0.1, 0.15) is 61.5 Å². The summed E-state index contributed by atoms with van der Waals surface area (Å²) in [6.45, 7) is 5.44. The van der Waals surface area contributed by atoms with E-state index in [0.717, 1.165) is 25.0 Å². The van der Waals surface area contributed by atoms with Gasteiger partial charge in [0, 0.05) is 13.1 Å². The van der Waals surface area contributed by atoms with E-state index in [4.69, 9.17) is 9.84 Å². The van der Waals surface area contributed by atoms with E-state index < -0.39 is 12.1 Å². The van der Waals surface area contributed by atoms with Crippen molar-refractivity contribution in [2.75, 3.05) is 13.1 Å². The predicted molar refractivity (Wildman–Crippen MR) is 86.8 cm³/mol. The molecule has 0 radical (unpaired) electrons. The van der Waals surface area contributed by atoms with Crippen LogP contribution < -0.4 is 0 Å². The van der Waals surface area contributed by atoms with Crippen LogP contribution in [-0.4, -0.2) is 57.4 Å². The Morgan fingerprint density at radius 3 is 2.58 bits per heavy atom. The number of rotatable bonds is 4. The van der Waals surface area contributed by atoms with E-state index in [9.17, 15) is 9.59 Å². The first-order valence-corrected chi connectivity index (χ1v) is 8.68. The highest BCUT2D eigenvalue weighted by molar-refractivity contribution is 5.95. The molecular formula is C17H25N3O4. The number of aromatic nitrogens is 2. The van der Waals surface area contributed by atoms with Crippen molar-refractivity contribution in [2.24, 2.45) is 5.92 Å². The summed E-state index contributed by atoms with van der Waals surface area (Å²) in [6.07, 6.45) is 4.08. The highest BCUT2D eigenvalue weighted by Gasteiger charge is 2.37. The summed E-state index contributed by atoms with van der Waals surface area (Å²) < 4.78 is 5.66. The Bertz CT molecular complexity index is 605. The topological polar surface area (TPSA) is 95.5 Å². The summed E-state index contributed by atoms with van der Waals surface area (Å²) >= 11 is 0. The highest BCUT2D eigenvalue weighted by Crippen LogP contribution is 2.32. The van der Waals surface area contributed by atoms with E-state index in [0.29, 0.717) is 31.0 Å². The van der Waals surface area contributed by atoms with Crippen molar-refractivity contribution in [2.45, 2.75) is 57.7 Å². The van der Waals surface area contributed by atoms with E-state index >= 15 is 0 Å². The molecule has 132 valence electrons. The summed E-state index contributed by atoms with van der Waals surface area (Å²) in [5.74, 6) is -0.274. The smallest absolute Gasteiger partial charge is 0.332 e. The second-order valence-corrected chi connectivity index (χ2v) is 7.06. The van der Waals surface area contributed by atoms with Crippen molar-refractivity contribution in [3.8, 4) is 0 Å². The maximum Gasteiger partial charge on any atom is 0.332 e. The predicted octanol–water partition coefficient (Wildman–Crippen LogP) is 2.02. The van der Waals surface area contributed by atoms with Crippen LogP contribution in [0.25, 0.3) is 0 Å². The molecule has 0 saturated carbocycles. The molecule has 2 aliphatic heterocycles. The number of H-pyrrole nitrogens is 1. The van der Waals surface area contributed by atoms with Crippen LogP contribution in [0.15, 0.2) is 6.20 Å². The molecule has 0 aromatic carbocycles. The molecule has 1 amide bonds. The highest BCUT2D eigenvalue weighted by atomic mass is 16.5. The minimum atomic E-state index is -0.869. The Morgan fingerprint density at radius 2 is 2.00 bits per heavy atom. The SMILES string of the molecule is CC(C)c1[nH]ncc1C(=O)N1CCC([C@@H]2CC[C@H](C(=O)O)O2)CC1. The molecule has 2 aliphatic rings. The summed E-state index contributed by atoms with van der Waals surface area (Å²) in [4.78, 5) is 25.6. The Balaban J connectivity index is 1.56. The van der Waals surface area contributed by atoms with Gasteiger partial charge in [-0.1, -0.05) is 13.8 Å². The normalized spacial score (nSPS) is 25.4. The van der Waals surface area contributed by atoms with Crippen LogP contribution in [0, 0.1) is 5.92 Å². The molecule has 2 atom stereocenters. The number of aromatic amines is 1. The van der Waals surface area contributed by atoms with Gasteiger partial charge in [-0.3, -0.25) is 9.89 Å². The number of carbonyl (C=O) groups excluding carboxylic acids is 1. The zero-order valence-corrected chi connectivity index (χ0v) is 14.2. The second-order valence-electron chi connectivity index (χ2n) is 7.06. The number of carboxylic acids is 1. The zero-order valence-electron chi connectivity index (χ0n) is 14.2. The fourth-order valence-corrected chi connectivity index (χ4v) is 3.74. The van der Waals surface area contributed by atoms with Gasteiger partial charge in [0.15, 0.2) is 6.10 Å². The molecule has 3 heterocycles. The first kappa shape index (κ1) is 17.0. The van der Waals surface area contributed by atoms with Crippen molar-refractivity contribution in [3.63, 3.8) is 0 Å². The van der Waals surface area contributed by atoms with E-state index in [1.165, 1.54) is 0 Å².